The number of hydrogen-bond acceptors (Lipinski definition) is 5. The summed E-state index contributed by atoms with van der Waals surface area (Å²) in [5, 5.41) is 4.19. The molecule has 7 nitrogen and oxygen atoms in total. The molecule has 0 saturated carbocycles. The van der Waals surface area contributed by atoms with Gasteiger partial charge < -0.3 is 9.30 Å². The van der Waals surface area contributed by atoms with Crippen LogP contribution in [-0.2, 0) is 17.8 Å². The van der Waals surface area contributed by atoms with Crippen molar-refractivity contribution in [1.29, 1.82) is 0 Å². The Labute approximate surface area is 129 Å². The average molecular weight is 302 g/mol. The smallest absolute Gasteiger partial charge is 0.137 e. The topological polar surface area (TPSA) is 61.0 Å². The zero-order valence-electron chi connectivity index (χ0n) is 12.9. The Balaban J connectivity index is 1.54. The van der Waals surface area contributed by atoms with E-state index < -0.39 is 0 Å². The molecule has 0 aliphatic carbocycles. The highest BCUT2D eigenvalue weighted by Crippen LogP contribution is 2.30. The summed E-state index contributed by atoms with van der Waals surface area (Å²) in [7, 11) is 0. The molecule has 1 fully saturated rings. The van der Waals surface area contributed by atoms with Crippen molar-refractivity contribution in [2.45, 2.75) is 44.9 Å². The summed E-state index contributed by atoms with van der Waals surface area (Å²) in [5.74, 6) is 1.17. The van der Waals surface area contributed by atoms with Crippen molar-refractivity contribution in [3.8, 4) is 0 Å². The van der Waals surface area contributed by atoms with Crippen molar-refractivity contribution in [2.24, 2.45) is 0 Å². The molecule has 118 valence electrons. The summed E-state index contributed by atoms with van der Waals surface area (Å²) in [5.41, 5.74) is 1.21. The zero-order chi connectivity index (χ0) is 14.9. The predicted molar refractivity (Wildman–Crippen MR) is 80.3 cm³/mol. The van der Waals surface area contributed by atoms with Gasteiger partial charge in [-0.15, -0.1) is 0 Å². The van der Waals surface area contributed by atoms with E-state index >= 15 is 0 Å². The van der Waals surface area contributed by atoms with Crippen LogP contribution in [0.4, 0.5) is 0 Å². The number of hydrogen-bond donors (Lipinski definition) is 0. The maximum Gasteiger partial charge on any atom is 0.137 e. The quantitative estimate of drug-likeness (QED) is 0.849. The minimum absolute atomic E-state index is 0.362. The van der Waals surface area contributed by atoms with E-state index in [-0.39, 0.29) is 0 Å². The van der Waals surface area contributed by atoms with E-state index in [1.54, 1.807) is 12.7 Å². The number of imidazole rings is 1. The average Bonchev–Trinajstić information content (AvgIpc) is 3.20. The second-order valence-electron chi connectivity index (χ2n) is 6.11. The van der Waals surface area contributed by atoms with Crippen molar-refractivity contribution < 1.29 is 4.74 Å². The zero-order valence-corrected chi connectivity index (χ0v) is 12.9. The number of fused-ring (bicyclic) bond motifs is 1. The lowest BCUT2D eigenvalue weighted by Gasteiger charge is -2.41. The van der Waals surface area contributed by atoms with Crippen LogP contribution in [0.2, 0.25) is 0 Å². The Hall–Kier alpha value is -1.73. The van der Waals surface area contributed by atoms with Gasteiger partial charge in [0, 0.05) is 32.3 Å². The molecule has 1 saturated heterocycles. The molecule has 0 spiro atoms. The van der Waals surface area contributed by atoms with Gasteiger partial charge in [0.15, 0.2) is 0 Å². The van der Waals surface area contributed by atoms with Gasteiger partial charge in [-0.3, -0.25) is 4.90 Å². The Morgan fingerprint density at radius 1 is 1.27 bits per heavy atom. The number of aromatic nitrogens is 5. The maximum absolute atomic E-state index is 5.49. The van der Waals surface area contributed by atoms with E-state index in [0.717, 1.165) is 45.7 Å². The van der Waals surface area contributed by atoms with Gasteiger partial charge in [-0.05, 0) is 19.8 Å². The Kier molecular flexibility index (Phi) is 3.67. The number of rotatable bonds is 3. The Morgan fingerprint density at radius 2 is 2.14 bits per heavy atom. The minimum atomic E-state index is 0.362. The SMILES string of the molecule is CC1c2ncc(Cn3cncn3)n2CCN1C1CCOCC1. The molecule has 2 aromatic rings. The van der Waals surface area contributed by atoms with Gasteiger partial charge in [0.1, 0.15) is 18.5 Å². The van der Waals surface area contributed by atoms with Crippen LogP contribution in [0.15, 0.2) is 18.9 Å². The van der Waals surface area contributed by atoms with Crippen LogP contribution in [0.1, 0.15) is 37.3 Å². The van der Waals surface area contributed by atoms with E-state index in [1.807, 2.05) is 10.9 Å². The molecule has 1 atom stereocenters. The second kappa shape index (κ2) is 5.81. The molecule has 22 heavy (non-hydrogen) atoms. The lowest BCUT2D eigenvalue weighted by atomic mass is 10.0. The van der Waals surface area contributed by atoms with Gasteiger partial charge in [0.05, 0.1) is 24.5 Å². The molecule has 0 bridgehead atoms. The van der Waals surface area contributed by atoms with Crippen molar-refractivity contribution in [3.63, 3.8) is 0 Å². The summed E-state index contributed by atoms with van der Waals surface area (Å²) < 4.78 is 9.69. The Morgan fingerprint density at radius 3 is 2.91 bits per heavy atom. The third kappa shape index (κ3) is 2.44. The number of ether oxygens (including phenoxy) is 1. The van der Waals surface area contributed by atoms with E-state index in [2.05, 4.69) is 26.5 Å². The van der Waals surface area contributed by atoms with Gasteiger partial charge >= 0.3 is 0 Å². The fourth-order valence-corrected chi connectivity index (χ4v) is 3.70. The first-order chi connectivity index (χ1) is 10.8. The van der Waals surface area contributed by atoms with Crippen molar-refractivity contribution >= 4 is 0 Å². The second-order valence-corrected chi connectivity index (χ2v) is 6.11. The molecule has 7 heteroatoms. The summed E-state index contributed by atoms with van der Waals surface area (Å²) in [6, 6.07) is 0.995. The molecule has 2 aromatic heterocycles. The number of nitrogens with zero attached hydrogens (tertiary/aromatic N) is 6. The highest BCUT2D eigenvalue weighted by atomic mass is 16.5. The van der Waals surface area contributed by atoms with E-state index in [0.29, 0.717) is 12.1 Å². The van der Waals surface area contributed by atoms with Gasteiger partial charge in [-0.1, -0.05) is 0 Å². The maximum atomic E-state index is 5.49. The standard InChI is InChI=1S/C15H22N6O/c1-12-15-17-8-14(9-19-11-16-10-18-19)21(15)5-4-20(12)13-2-6-22-7-3-13/h8,10-13H,2-7,9H2,1H3. The van der Waals surface area contributed by atoms with E-state index in [9.17, 15) is 0 Å². The lowest BCUT2D eigenvalue weighted by Crippen LogP contribution is -2.46. The first kappa shape index (κ1) is 13.9. The fourth-order valence-electron chi connectivity index (χ4n) is 3.70. The summed E-state index contributed by atoms with van der Waals surface area (Å²) in [6.07, 6.45) is 7.58. The molecular formula is C15H22N6O. The van der Waals surface area contributed by atoms with Crippen LogP contribution >= 0.6 is 0 Å². The van der Waals surface area contributed by atoms with Crippen LogP contribution in [-0.4, -0.2) is 55.0 Å². The van der Waals surface area contributed by atoms with Crippen molar-refractivity contribution in [3.05, 3.63) is 30.4 Å². The molecule has 2 aliphatic rings. The van der Waals surface area contributed by atoms with Crippen LogP contribution < -0.4 is 0 Å². The minimum Gasteiger partial charge on any atom is -0.381 e. The predicted octanol–water partition coefficient (Wildman–Crippen LogP) is 1.08. The largest absolute Gasteiger partial charge is 0.381 e. The third-order valence-electron chi connectivity index (χ3n) is 4.87. The summed E-state index contributed by atoms with van der Waals surface area (Å²) in [6.45, 7) is 6.87. The Bertz CT molecular complexity index is 616. The first-order valence-electron chi connectivity index (χ1n) is 8.03. The van der Waals surface area contributed by atoms with Gasteiger partial charge in [-0.25, -0.2) is 14.6 Å². The van der Waals surface area contributed by atoms with Crippen molar-refractivity contribution in [1.82, 2.24) is 29.2 Å². The van der Waals surface area contributed by atoms with Gasteiger partial charge in [0.25, 0.3) is 0 Å². The van der Waals surface area contributed by atoms with E-state index in [1.165, 1.54) is 11.5 Å². The molecule has 0 N–H and O–H groups in total. The highest BCUT2D eigenvalue weighted by Gasteiger charge is 2.32. The molecule has 4 rings (SSSR count). The lowest BCUT2D eigenvalue weighted by molar-refractivity contribution is 0.00871. The first-order valence-corrected chi connectivity index (χ1v) is 8.03. The van der Waals surface area contributed by atoms with Crippen LogP contribution in [0, 0.1) is 0 Å². The van der Waals surface area contributed by atoms with Gasteiger partial charge in [0.2, 0.25) is 0 Å². The molecule has 0 aromatic carbocycles. The monoisotopic (exact) mass is 302 g/mol. The van der Waals surface area contributed by atoms with Crippen molar-refractivity contribution in [2.75, 3.05) is 19.8 Å². The molecule has 0 radical (unpaired) electrons. The molecule has 4 heterocycles. The normalized spacial score (nSPS) is 23.6. The molecule has 2 aliphatic heterocycles. The van der Waals surface area contributed by atoms with Gasteiger partial charge in [-0.2, -0.15) is 5.10 Å². The molecule has 1 unspecified atom stereocenters. The van der Waals surface area contributed by atoms with E-state index in [4.69, 9.17) is 9.72 Å². The fraction of sp³-hybridized carbons (Fsp3) is 0.667. The highest BCUT2D eigenvalue weighted by molar-refractivity contribution is 5.12. The third-order valence-corrected chi connectivity index (χ3v) is 4.87. The summed E-state index contributed by atoms with van der Waals surface area (Å²) in [4.78, 5) is 11.3. The molecular weight excluding hydrogens is 280 g/mol. The van der Waals surface area contributed by atoms with Crippen LogP contribution in [0.25, 0.3) is 0 Å². The molecule has 0 amide bonds. The summed E-state index contributed by atoms with van der Waals surface area (Å²) >= 11 is 0. The van der Waals surface area contributed by atoms with Crippen LogP contribution in [0.3, 0.4) is 0 Å². The van der Waals surface area contributed by atoms with Crippen LogP contribution in [0.5, 0.6) is 0 Å².